The summed E-state index contributed by atoms with van der Waals surface area (Å²) in [6.45, 7) is 7.56. The summed E-state index contributed by atoms with van der Waals surface area (Å²) in [5, 5.41) is 3.83. The molecule has 0 spiro atoms. The van der Waals surface area contributed by atoms with E-state index < -0.39 is 0 Å². The van der Waals surface area contributed by atoms with Gasteiger partial charge < -0.3 is 10.2 Å². The van der Waals surface area contributed by atoms with Crippen LogP contribution in [0.4, 0.5) is 4.39 Å². The van der Waals surface area contributed by atoms with Crippen LogP contribution in [0.25, 0.3) is 0 Å². The Balaban J connectivity index is 2.56. The first-order valence-electron chi connectivity index (χ1n) is 6.94. The highest BCUT2D eigenvalue weighted by atomic mass is 35.5. The van der Waals surface area contributed by atoms with Gasteiger partial charge in [-0.15, -0.1) is 0 Å². The third-order valence-electron chi connectivity index (χ3n) is 3.58. The van der Waals surface area contributed by atoms with Crippen molar-refractivity contribution in [2.75, 3.05) is 26.7 Å². The number of nitrogens with one attached hydrogen (secondary N) is 1. The van der Waals surface area contributed by atoms with Crippen LogP contribution in [0.1, 0.15) is 25.8 Å². The van der Waals surface area contributed by atoms with Crippen LogP contribution in [-0.2, 0) is 6.42 Å². The molecule has 0 saturated carbocycles. The lowest BCUT2D eigenvalue weighted by molar-refractivity contribution is 0.283. The summed E-state index contributed by atoms with van der Waals surface area (Å²) >= 11 is 6.07. The summed E-state index contributed by atoms with van der Waals surface area (Å²) in [4.78, 5) is 2.40. The molecule has 1 aromatic carbocycles. The maximum absolute atomic E-state index is 13.0. The SMILES string of the molecule is CCN(CC)CCC(Cc1ccc(F)cc1Cl)NC. The number of hydrogen-bond donors (Lipinski definition) is 1. The first kappa shape index (κ1) is 16.4. The minimum absolute atomic E-state index is 0.280. The highest BCUT2D eigenvalue weighted by Gasteiger charge is 2.11. The van der Waals surface area contributed by atoms with E-state index in [1.165, 1.54) is 12.1 Å². The van der Waals surface area contributed by atoms with E-state index in [0.29, 0.717) is 11.1 Å². The minimum atomic E-state index is -0.280. The maximum atomic E-state index is 13.0. The van der Waals surface area contributed by atoms with E-state index in [0.717, 1.165) is 38.0 Å². The molecule has 19 heavy (non-hydrogen) atoms. The van der Waals surface area contributed by atoms with Crippen LogP contribution in [0.2, 0.25) is 5.02 Å². The predicted molar refractivity (Wildman–Crippen MR) is 80.4 cm³/mol. The number of halogens is 2. The van der Waals surface area contributed by atoms with Gasteiger partial charge in [0.15, 0.2) is 0 Å². The van der Waals surface area contributed by atoms with Crippen molar-refractivity contribution >= 4 is 11.6 Å². The summed E-state index contributed by atoms with van der Waals surface area (Å²) in [6, 6.07) is 5.00. The number of nitrogens with zero attached hydrogens (tertiary/aromatic N) is 1. The van der Waals surface area contributed by atoms with Gasteiger partial charge in [-0.25, -0.2) is 4.39 Å². The van der Waals surface area contributed by atoms with Gasteiger partial charge in [0.25, 0.3) is 0 Å². The van der Waals surface area contributed by atoms with Gasteiger partial charge in [-0.3, -0.25) is 0 Å². The van der Waals surface area contributed by atoms with E-state index in [2.05, 4.69) is 24.1 Å². The zero-order valence-electron chi connectivity index (χ0n) is 12.0. The van der Waals surface area contributed by atoms with E-state index in [-0.39, 0.29) is 5.82 Å². The third-order valence-corrected chi connectivity index (χ3v) is 3.93. The second kappa shape index (κ2) is 8.51. The highest BCUT2D eigenvalue weighted by molar-refractivity contribution is 6.31. The van der Waals surface area contributed by atoms with Gasteiger partial charge in [0, 0.05) is 11.1 Å². The Morgan fingerprint density at radius 3 is 2.53 bits per heavy atom. The van der Waals surface area contributed by atoms with E-state index in [1.807, 2.05) is 7.05 Å². The molecule has 0 fully saturated rings. The zero-order chi connectivity index (χ0) is 14.3. The van der Waals surface area contributed by atoms with Gasteiger partial charge in [0.1, 0.15) is 5.82 Å². The summed E-state index contributed by atoms with van der Waals surface area (Å²) in [5.41, 5.74) is 1.00. The second-order valence-electron chi connectivity index (χ2n) is 4.74. The average Bonchev–Trinajstić information content (AvgIpc) is 2.41. The Morgan fingerprint density at radius 2 is 2.00 bits per heavy atom. The summed E-state index contributed by atoms with van der Waals surface area (Å²) < 4.78 is 13.0. The van der Waals surface area contributed by atoms with E-state index in [9.17, 15) is 4.39 Å². The Kier molecular flexibility index (Phi) is 7.36. The molecule has 1 atom stereocenters. The molecule has 0 radical (unpaired) electrons. The van der Waals surface area contributed by atoms with Crippen molar-refractivity contribution in [1.29, 1.82) is 0 Å². The molecule has 0 heterocycles. The van der Waals surface area contributed by atoms with Gasteiger partial charge in [-0.1, -0.05) is 31.5 Å². The molecule has 1 N–H and O–H groups in total. The van der Waals surface area contributed by atoms with Crippen LogP contribution in [0, 0.1) is 5.82 Å². The Hall–Kier alpha value is -0.640. The van der Waals surface area contributed by atoms with Crippen molar-refractivity contribution in [1.82, 2.24) is 10.2 Å². The van der Waals surface area contributed by atoms with Crippen molar-refractivity contribution in [3.8, 4) is 0 Å². The van der Waals surface area contributed by atoms with Crippen LogP contribution >= 0.6 is 11.6 Å². The Morgan fingerprint density at radius 1 is 1.32 bits per heavy atom. The third kappa shape index (κ3) is 5.47. The van der Waals surface area contributed by atoms with Crippen molar-refractivity contribution in [3.05, 3.63) is 34.6 Å². The molecular weight excluding hydrogens is 263 g/mol. The van der Waals surface area contributed by atoms with Gasteiger partial charge in [-0.2, -0.15) is 0 Å². The summed E-state index contributed by atoms with van der Waals surface area (Å²) in [7, 11) is 1.96. The fourth-order valence-corrected chi connectivity index (χ4v) is 2.42. The molecule has 0 bridgehead atoms. The lowest BCUT2D eigenvalue weighted by Crippen LogP contribution is -2.34. The van der Waals surface area contributed by atoms with E-state index >= 15 is 0 Å². The van der Waals surface area contributed by atoms with Crippen LogP contribution in [0.3, 0.4) is 0 Å². The molecule has 0 saturated heterocycles. The average molecular weight is 287 g/mol. The molecule has 1 rings (SSSR count). The van der Waals surface area contributed by atoms with E-state index in [1.54, 1.807) is 6.07 Å². The van der Waals surface area contributed by atoms with Crippen molar-refractivity contribution < 1.29 is 4.39 Å². The van der Waals surface area contributed by atoms with Gasteiger partial charge in [0.05, 0.1) is 0 Å². The highest BCUT2D eigenvalue weighted by Crippen LogP contribution is 2.19. The molecule has 1 aromatic rings. The summed E-state index contributed by atoms with van der Waals surface area (Å²) in [6.07, 6.45) is 1.89. The number of hydrogen-bond acceptors (Lipinski definition) is 2. The molecule has 2 nitrogen and oxygen atoms in total. The normalized spacial score (nSPS) is 12.9. The largest absolute Gasteiger partial charge is 0.317 e. The predicted octanol–water partition coefficient (Wildman–Crippen LogP) is 3.34. The van der Waals surface area contributed by atoms with Gasteiger partial charge in [0.2, 0.25) is 0 Å². The zero-order valence-corrected chi connectivity index (χ0v) is 12.8. The maximum Gasteiger partial charge on any atom is 0.124 e. The number of likely N-dealkylation sites (N-methyl/N-ethyl adjacent to an activating group) is 1. The molecule has 0 aliphatic carbocycles. The van der Waals surface area contributed by atoms with Gasteiger partial charge >= 0.3 is 0 Å². The monoisotopic (exact) mass is 286 g/mol. The molecule has 0 aromatic heterocycles. The molecule has 4 heteroatoms. The fraction of sp³-hybridized carbons (Fsp3) is 0.600. The molecule has 0 amide bonds. The summed E-state index contributed by atoms with van der Waals surface area (Å²) in [5.74, 6) is -0.280. The Labute approximate surface area is 120 Å². The number of rotatable bonds is 8. The topological polar surface area (TPSA) is 15.3 Å². The molecule has 108 valence electrons. The lowest BCUT2D eigenvalue weighted by atomic mass is 10.0. The molecular formula is C15H24ClFN2. The molecule has 0 aliphatic rings. The minimum Gasteiger partial charge on any atom is -0.317 e. The van der Waals surface area contributed by atoms with Crippen LogP contribution in [-0.4, -0.2) is 37.6 Å². The molecule has 0 aliphatic heterocycles. The number of benzene rings is 1. The first-order chi connectivity index (χ1) is 9.10. The van der Waals surface area contributed by atoms with Gasteiger partial charge in [-0.05, 0) is 57.2 Å². The van der Waals surface area contributed by atoms with Crippen LogP contribution in [0.15, 0.2) is 18.2 Å². The Bertz CT molecular complexity index is 380. The van der Waals surface area contributed by atoms with Crippen molar-refractivity contribution in [2.45, 2.75) is 32.7 Å². The first-order valence-corrected chi connectivity index (χ1v) is 7.32. The lowest BCUT2D eigenvalue weighted by Gasteiger charge is -2.23. The smallest absolute Gasteiger partial charge is 0.124 e. The van der Waals surface area contributed by atoms with Crippen molar-refractivity contribution in [2.24, 2.45) is 0 Å². The second-order valence-corrected chi connectivity index (χ2v) is 5.15. The quantitative estimate of drug-likeness (QED) is 0.788. The van der Waals surface area contributed by atoms with Crippen molar-refractivity contribution in [3.63, 3.8) is 0 Å². The van der Waals surface area contributed by atoms with Crippen LogP contribution in [0.5, 0.6) is 0 Å². The fourth-order valence-electron chi connectivity index (χ4n) is 2.18. The molecule has 1 unspecified atom stereocenters. The van der Waals surface area contributed by atoms with E-state index in [4.69, 9.17) is 11.6 Å². The standard InChI is InChI=1S/C15H24ClFN2/c1-4-19(5-2)9-8-14(18-3)10-12-6-7-13(17)11-15(12)16/h6-7,11,14,18H,4-5,8-10H2,1-3H3. The van der Waals surface area contributed by atoms with Crippen LogP contribution < -0.4 is 5.32 Å².